The zero-order chi connectivity index (χ0) is 17.9. The van der Waals surface area contributed by atoms with Gasteiger partial charge in [0.25, 0.3) is 0 Å². The highest BCUT2D eigenvalue weighted by atomic mass is 19.1. The van der Waals surface area contributed by atoms with Crippen LogP contribution in [0.15, 0.2) is 36.5 Å². The van der Waals surface area contributed by atoms with Crippen LogP contribution in [0.25, 0.3) is 11.3 Å². The predicted octanol–water partition coefficient (Wildman–Crippen LogP) is 3.03. The molecule has 0 unspecified atom stereocenters. The van der Waals surface area contributed by atoms with Gasteiger partial charge in [-0.2, -0.15) is 5.10 Å². The number of aryl methyl sites for hydroxylation is 1. The summed E-state index contributed by atoms with van der Waals surface area (Å²) >= 11 is 0. The third kappa shape index (κ3) is 3.99. The molecular formula is C19H23FN6. The van der Waals surface area contributed by atoms with Crippen molar-refractivity contribution >= 4 is 0 Å². The lowest BCUT2D eigenvalue weighted by atomic mass is 9.97. The van der Waals surface area contributed by atoms with Crippen molar-refractivity contribution in [3.8, 4) is 11.3 Å². The predicted molar refractivity (Wildman–Crippen MR) is 96.7 cm³/mol. The molecule has 1 aliphatic rings. The van der Waals surface area contributed by atoms with Crippen LogP contribution in [0.2, 0.25) is 0 Å². The second-order valence-corrected chi connectivity index (χ2v) is 7.09. The number of hydrogen-bond acceptors (Lipinski definition) is 4. The molecule has 3 aromatic rings. The minimum Gasteiger partial charge on any atom is -0.297 e. The van der Waals surface area contributed by atoms with E-state index in [4.69, 9.17) is 0 Å². The van der Waals surface area contributed by atoms with Gasteiger partial charge in [0.2, 0.25) is 0 Å². The summed E-state index contributed by atoms with van der Waals surface area (Å²) in [5.41, 5.74) is 3.90. The summed E-state index contributed by atoms with van der Waals surface area (Å²) in [6, 6.07) is 8.48. The van der Waals surface area contributed by atoms with Crippen LogP contribution < -0.4 is 0 Å². The zero-order valence-corrected chi connectivity index (χ0v) is 14.9. The van der Waals surface area contributed by atoms with Gasteiger partial charge < -0.3 is 0 Å². The molecule has 26 heavy (non-hydrogen) atoms. The SMILES string of the molecule is Cc1cc(CN2CCC(Cn3cc(-c4ccc(F)cc4)nn3)CC2)n[nH]1. The standard InChI is InChI=1S/C19H23FN6/c1-14-10-18(22-21-14)12-25-8-6-15(7-9-25)11-26-13-19(23-24-26)16-2-4-17(20)5-3-16/h2-5,10,13,15H,6-9,11-12H2,1H3,(H,21,22). The molecular weight excluding hydrogens is 331 g/mol. The molecule has 1 N–H and O–H groups in total. The highest BCUT2D eigenvalue weighted by Crippen LogP contribution is 2.22. The first-order valence-corrected chi connectivity index (χ1v) is 9.05. The molecule has 0 spiro atoms. The van der Waals surface area contributed by atoms with Crippen molar-refractivity contribution in [3.05, 3.63) is 53.7 Å². The topological polar surface area (TPSA) is 62.6 Å². The van der Waals surface area contributed by atoms with E-state index in [0.717, 1.165) is 61.7 Å². The number of likely N-dealkylation sites (tertiary alicyclic amines) is 1. The maximum absolute atomic E-state index is 13.0. The Morgan fingerprint density at radius 3 is 2.65 bits per heavy atom. The van der Waals surface area contributed by atoms with Gasteiger partial charge in [0.1, 0.15) is 11.5 Å². The zero-order valence-electron chi connectivity index (χ0n) is 14.9. The Kier molecular flexibility index (Phi) is 4.79. The summed E-state index contributed by atoms with van der Waals surface area (Å²) in [6.45, 7) is 5.98. The van der Waals surface area contributed by atoms with Crippen molar-refractivity contribution in [1.82, 2.24) is 30.1 Å². The number of H-pyrrole nitrogens is 1. The molecule has 3 heterocycles. The molecule has 1 fully saturated rings. The van der Waals surface area contributed by atoms with E-state index >= 15 is 0 Å². The van der Waals surface area contributed by atoms with E-state index in [1.54, 1.807) is 12.1 Å². The Balaban J connectivity index is 1.30. The summed E-state index contributed by atoms with van der Waals surface area (Å²) in [7, 11) is 0. The number of halogens is 1. The Labute approximate surface area is 152 Å². The first-order valence-electron chi connectivity index (χ1n) is 9.05. The first kappa shape index (κ1) is 16.9. The van der Waals surface area contributed by atoms with Gasteiger partial charge in [0, 0.05) is 24.3 Å². The van der Waals surface area contributed by atoms with Crippen molar-refractivity contribution in [3.63, 3.8) is 0 Å². The quantitative estimate of drug-likeness (QED) is 0.765. The van der Waals surface area contributed by atoms with E-state index in [0.29, 0.717) is 5.92 Å². The molecule has 1 aromatic carbocycles. The summed E-state index contributed by atoms with van der Waals surface area (Å²) in [5.74, 6) is 0.368. The van der Waals surface area contributed by atoms with Gasteiger partial charge in [-0.1, -0.05) is 5.21 Å². The van der Waals surface area contributed by atoms with Crippen molar-refractivity contribution in [2.75, 3.05) is 13.1 Å². The van der Waals surface area contributed by atoms with E-state index in [9.17, 15) is 4.39 Å². The van der Waals surface area contributed by atoms with Gasteiger partial charge in [0.15, 0.2) is 0 Å². The van der Waals surface area contributed by atoms with Crippen LogP contribution in [0.3, 0.4) is 0 Å². The minimum absolute atomic E-state index is 0.238. The molecule has 6 nitrogen and oxygen atoms in total. The molecule has 0 amide bonds. The van der Waals surface area contributed by atoms with Crippen LogP contribution in [-0.4, -0.2) is 43.2 Å². The van der Waals surface area contributed by atoms with Gasteiger partial charge in [-0.05, 0) is 69.1 Å². The van der Waals surface area contributed by atoms with E-state index in [1.807, 2.05) is 17.8 Å². The average molecular weight is 354 g/mol. The molecule has 0 bridgehead atoms. The van der Waals surface area contributed by atoms with E-state index in [2.05, 4.69) is 31.5 Å². The van der Waals surface area contributed by atoms with Crippen molar-refractivity contribution in [2.45, 2.75) is 32.9 Å². The molecule has 7 heteroatoms. The fraction of sp³-hybridized carbons (Fsp3) is 0.421. The molecule has 0 saturated carbocycles. The van der Waals surface area contributed by atoms with Gasteiger partial charge >= 0.3 is 0 Å². The van der Waals surface area contributed by atoms with Crippen LogP contribution in [0.4, 0.5) is 4.39 Å². The normalized spacial score (nSPS) is 16.2. The monoisotopic (exact) mass is 354 g/mol. The highest BCUT2D eigenvalue weighted by Gasteiger charge is 2.21. The van der Waals surface area contributed by atoms with Gasteiger partial charge in [-0.3, -0.25) is 14.7 Å². The van der Waals surface area contributed by atoms with E-state index < -0.39 is 0 Å². The Morgan fingerprint density at radius 1 is 1.19 bits per heavy atom. The van der Waals surface area contributed by atoms with Crippen LogP contribution in [0.1, 0.15) is 24.2 Å². The summed E-state index contributed by atoms with van der Waals surface area (Å²) < 4.78 is 14.9. The Bertz CT molecular complexity index is 845. The fourth-order valence-corrected chi connectivity index (χ4v) is 3.52. The summed E-state index contributed by atoms with van der Waals surface area (Å²) in [4.78, 5) is 2.46. The van der Waals surface area contributed by atoms with E-state index in [1.165, 1.54) is 12.1 Å². The lowest BCUT2D eigenvalue weighted by Gasteiger charge is -2.31. The largest absolute Gasteiger partial charge is 0.297 e. The lowest BCUT2D eigenvalue weighted by Crippen LogP contribution is -2.34. The smallest absolute Gasteiger partial charge is 0.123 e. The third-order valence-corrected chi connectivity index (χ3v) is 4.98. The first-order chi connectivity index (χ1) is 12.7. The molecule has 1 saturated heterocycles. The maximum atomic E-state index is 13.0. The number of hydrogen-bond donors (Lipinski definition) is 1. The number of piperidine rings is 1. The molecule has 0 aliphatic carbocycles. The van der Waals surface area contributed by atoms with Crippen molar-refractivity contribution < 1.29 is 4.39 Å². The van der Waals surface area contributed by atoms with Gasteiger partial charge in [0.05, 0.1) is 11.9 Å². The molecule has 4 rings (SSSR count). The molecule has 136 valence electrons. The second kappa shape index (κ2) is 7.37. The van der Waals surface area contributed by atoms with Crippen LogP contribution in [-0.2, 0) is 13.1 Å². The van der Waals surface area contributed by atoms with Crippen LogP contribution in [0.5, 0.6) is 0 Å². The summed E-state index contributed by atoms with van der Waals surface area (Å²) in [6.07, 6.45) is 4.25. The number of nitrogens with one attached hydrogen (secondary N) is 1. The third-order valence-electron chi connectivity index (χ3n) is 4.98. The molecule has 0 radical (unpaired) electrons. The lowest BCUT2D eigenvalue weighted by molar-refractivity contribution is 0.162. The van der Waals surface area contributed by atoms with Crippen LogP contribution >= 0.6 is 0 Å². The molecule has 1 aliphatic heterocycles. The second-order valence-electron chi connectivity index (χ2n) is 7.09. The number of rotatable bonds is 5. The van der Waals surface area contributed by atoms with Gasteiger partial charge in [-0.25, -0.2) is 4.39 Å². The van der Waals surface area contributed by atoms with Gasteiger partial charge in [-0.15, -0.1) is 5.10 Å². The highest BCUT2D eigenvalue weighted by molar-refractivity contribution is 5.57. The number of nitrogens with zero attached hydrogens (tertiary/aromatic N) is 5. The fourth-order valence-electron chi connectivity index (χ4n) is 3.52. The van der Waals surface area contributed by atoms with Crippen molar-refractivity contribution in [2.24, 2.45) is 5.92 Å². The number of aromatic amines is 1. The maximum Gasteiger partial charge on any atom is 0.123 e. The molecule has 0 atom stereocenters. The average Bonchev–Trinajstić information content (AvgIpc) is 3.26. The van der Waals surface area contributed by atoms with Crippen molar-refractivity contribution in [1.29, 1.82) is 0 Å². The Morgan fingerprint density at radius 2 is 1.96 bits per heavy atom. The number of aromatic nitrogens is 5. The number of benzene rings is 1. The van der Waals surface area contributed by atoms with E-state index in [-0.39, 0.29) is 5.82 Å². The molecule has 2 aromatic heterocycles. The minimum atomic E-state index is -0.238. The summed E-state index contributed by atoms with van der Waals surface area (Å²) in [5, 5.41) is 15.8. The Hall–Kier alpha value is -2.54. The van der Waals surface area contributed by atoms with Crippen LogP contribution in [0, 0.1) is 18.7 Å².